The first-order valence-corrected chi connectivity index (χ1v) is 10.3. The van der Waals surface area contributed by atoms with E-state index >= 15 is 0 Å². The summed E-state index contributed by atoms with van der Waals surface area (Å²) in [5.74, 6) is 0.847. The zero-order chi connectivity index (χ0) is 16.5. The molecule has 0 unspecified atom stereocenters. The number of hydrogen-bond acceptors (Lipinski definition) is 2. The summed E-state index contributed by atoms with van der Waals surface area (Å²) in [6.07, 6.45) is 4.58. The molecule has 0 amide bonds. The number of piperidine rings is 2. The van der Waals surface area contributed by atoms with Gasteiger partial charge in [-0.15, -0.1) is 0 Å². The summed E-state index contributed by atoms with van der Waals surface area (Å²) in [6, 6.07) is 9.45. The average Bonchev–Trinajstić information content (AvgIpc) is 2.59. The van der Waals surface area contributed by atoms with Gasteiger partial charge in [0.15, 0.2) is 0 Å². The van der Waals surface area contributed by atoms with Gasteiger partial charge in [0.1, 0.15) is 0 Å². The Bertz CT molecular complexity index is 614. The topological polar surface area (TPSA) is 37.4 Å². The van der Waals surface area contributed by atoms with Crippen molar-refractivity contribution in [2.75, 3.05) is 33.2 Å². The third-order valence-corrected chi connectivity index (χ3v) is 7.86. The van der Waals surface area contributed by atoms with Gasteiger partial charge in [-0.25, -0.2) is 8.42 Å². The molecule has 2 heterocycles. The summed E-state index contributed by atoms with van der Waals surface area (Å²) >= 11 is 0. The number of quaternary nitrogens is 1. The van der Waals surface area contributed by atoms with E-state index in [1.807, 2.05) is 6.07 Å². The van der Waals surface area contributed by atoms with Crippen molar-refractivity contribution in [1.82, 2.24) is 4.31 Å². The van der Waals surface area contributed by atoms with Crippen molar-refractivity contribution in [2.45, 2.75) is 43.5 Å². The van der Waals surface area contributed by atoms with E-state index < -0.39 is 10.0 Å². The van der Waals surface area contributed by atoms with Crippen LogP contribution in [0.5, 0.6) is 0 Å². The molecule has 0 saturated carbocycles. The fourth-order valence-electron chi connectivity index (χ4n) is 4.10. The minimum atomic E-state index is -3.32. The van der Waals surface area contributed by atoms with Gasteiger partial charge < -0.3 is 4.48 Å². The molecule has 5 heteroatoms. The predicted molar refractivity (Wildman–Crippen MR) is 92.5 cm³/mol. The molecule has 0 spiro atoms. The highest BCUT2D eigenvalue weighted by molar-refractivity contribution is 7.89. The smallest absolute Gasteiger partial charge is 0.243 e. The number of nitrogens with zero attached hydrogens (tertiary/aromatic N) is 2. The van der Waals surface area contributed by atoms with Gasteiger partial charge in [0, 0.05) is 25.9 Å². The van der Waals surface area contributed by atoms with Crippen molar-refractivity contribution in [3.63, 3.8) is 0 Å². The van der Waals surface area contributed by atoms with Gasteiger partial charge in [0.25, 0.3) is 0 Å². The lowest BCUT2D eigenvalue weighted by atomic mass is 9.92. The van der Waals surface area contributed by atoms with E-state index in [0.717, 1.165) is 23.2 Å². The monoisotopic (exact) mass is 337 g/mol. The predicted octanol–water partition coefficient (Wildman–Crippen LogP) is 2.72. The van der Waals surface area contributed by atoms with E-state index in [9.17, 15) is 8.42 Å². The first-order valence-electron chi connectivity index (χ1n) is 8.81. The Morgan fingerprint density at radius 3 is 2.13 bits per heavy atom. The SMILES string of the molecule is C[C@H]1CC[N@@+](C)(C2CCN(S(=O)(=O)c3ccccc3)CC2)CC1. The maximum Gasteiger partial charge on any atom is 0.243 e. The number of benzene rings is 1. The van der Waals surface area contributed by atoms with Crippen LogP contribution in [0.1, 0.15) is 32.6 Å². The molecule has 4 nitrogen and oxygen atoms in total. The molecule has 2 saturated heterocycles. The Kier molecular flexibility index (Phi) is 4.81. The number of sulfonamides is 1. The van der Waals surface area contributed by atoms with E-state index in [1.165, 1.54) is 25.9 Å². The highest BCUT2D eigenvalue weighted by Gasteiger charge is 2.40. The molecule has 2 aliphatic heterocycles. The molecule has 1 aromatic carbocycles. The first-order chi connectivity index (χ1) is 10.9. The van der Waals surface area contributed by atoms with Gasteiger partial charge in [-0.05, 0) is 30.9 Å². The van der Waals surface area contributed by atoms with E-state index in [0.29, 0.717) is 24.0 Å². The fraction of sp³-hybridized carbons (Fsp3) is 0.667. The molecule has 2 aliphatic rings. The standard InChI is InChI=1S/C18H29N2O2S/c1-16-10-14-20(2,15-11-16)17-8-12-19(13-9-17)23(21,22)18-6-4-3-5-7-18/h3-7,16-17H,8-15H2,1-2H3/q+1/t16-,20+. The zero-order valence-corrected chi connectivity index (χ0v) is 15.1. The Morgan fingerprint density at radius 2 is 1.57 bits per heavy atom. The molecule has 0 bridgehead atoms. The molecule has 3 rings (SSSR count). The number of likely N-dealkylation sites (tertiary alicyclic amines) is 1. The van der Waals surface area contributed by atoms with Crippen molar-refractivity contribution in [2.24, 2.45) is 5.92 Å². The Labute approximate surface area is 140 Å². The number of rotatable bonds is 3. The zero-order valence-electron chi connectivity index (χ0n) is 14.3. The first kappa shape index (κ1) is 16.9. The number of hydrogen-bond donors (Lipinski definition) is 0. The van der Waals surface area contributed by atoms with E-state index in [4.69, 9.17) is 0 Å². The van der Waals surface area contributed by atoms with Crippen LogP contribution in [0.15, 0.2) is 35.2 Å². The fourth-order valence-corrected chi connectivity index (χ4v) is 5.59. The summed E-state index contributed by atoms with van der Waals surface area (Å²) in [5.41, 5.74) is 0. The largest absolute Gasteiger partial charge is 0.324 e. The van der Waals surface area contributed by atoms with Gasteiger partial charge in [0.2, 0.25) is 10.0 Å². The molecule has 1 aromatic rings. The van der Waals surface area contributed by atoms with Crippen molar-refractivity contribution in [1.29, 1.82) is 0 Å². The lowest BCUT2D eigenvalue weighted by molar-refractivity contribution is -0.939. The minimum Gasteiger partial charge on any atom is -0.324 e. The lowest BCUT2D eigenvalue weighted by Gasteiger charge is -2.48. The minimum absolute atomic E-state index is 0.422. The summed E-state index contributed by atoms with van der Waals surface area (Å²) in [4.78, 5) is 0.422. The average molecular weight is 338 g/mol. The molecule has 0 aliphatic carbocycles. The third kappa shape index (κ3) is 3.47. The Hall–Kier alpha value is -0.910. The van der Waals surface area contributed by atoms with Crippen molar-refractivity contribution < 1.29 is 12.9 Å². The van der Waals surface area contributed by atoms with E-state index in [-0.39, 0.29) is 0 Å². The van der Waals surface area contributed by atoms with E-state index in [2.05, 4.69) is 14.0 Å². The van der Waals surface area contributed by atoms with Crippen LogP contribution in [-0.4, -0.2) is 56.5 Å². The second-order valence-corrected chi connectivity index (χ2v) is 9.50. The second kappa shape index (κ2) is 6.54. The van der Waals surface area contributed by atoms with Crippen LogP contribution in [0.2, 0.25) is 0 Å². The van der Waals surface area contributed by atoms with Crippen molar-refractivity contribution in [3.8, 4) is 0 Å². The van der Waals surface area contributed by atoms with Gasteiger partial charge >= 0.3 is 0 Å². The molecule has 0 radical (unpaired) electrons. The molecule has 23 heavy (non-hydrogen) atoms. The Morgan fingerprint density at radius 1 is 1.00 bits per heavy atom. The van der Waals surface area contributed by atoms with Crippen LogP contribution in [0.4, 0.5) is 0 Å². The lowest BCUT2D eigenvalue weighted by Crippen LogP contribution is -2.59. The van der Waals surface area contributed by atoms with Crippen LogP contribution >= 0.6 is 0 Å². The van der Waals surface area contributed by atoms with Crippen LogP contribution in [0, 0.1) is 5.92 Å². The summed E-state index contributed by atoms with van der Waals surface area (Å²) in [7, 11) is -0.945. The molecule has 0 atom stereocenters. The van der Waals surface area contributed by atoms with Crippen LogP contribution in [0.25, 0.3) is 0 Å². The third-order valence-electron chi connectivity index (χ3n) is 5.95. The van der Waals surface area contributed by atoms with Crippen LogP contribution in [-0.2, 0) is 10.0 Å². The van der Waals surface area contributed by atoms with Crippen molar-refractivity contribution in [3.05, 3.63) is 30.3 Å². The van der Waals surface area contributed by atoms with E-state index in [1.54, 1.807) is 28.6 Å². The van der Waals surface area contributed by atoms with Crippen molar-refractivity contribution >= 4 is 10.0 Å². The summed E-state index contributed by atoms with van der Waals surface area (Å²) < 4.78 is 28.2. The van der Waals surface area contributed by atoms with Crippen LogP contribution < -0.4 is 0 Å². The highest BCUT2D eigenvalue weighted by Crippen LogP contribution is 2.31. The molecule has 0 aromatic heterocycles. The molecular weight excluding hydrogens is 308 g/mol. The van der Waals surface area contributed by atoms with Gasteiger partial charge in [-0.1, -0.05) is 25.1 Å². The molecule has 0 N–H and O–H groups in total. The Balaban J connectivity index is 1.65. The normalized spacial score (nSPS) is 31.1. The maximum absolute atomic E-state index is 12.7. The molecule has 2 fully saturated rings. The van der Waals surface area contributed by atoms with Crippen LogP contribution in [0.3, 0.4) is 0 Å². The molecule has 128 valence electrons. The van der Waals surface area contributed by atoms with Gasteiger partial charge in [-0.2, -0.15) is 4.31 Å². The summed E-state index contributed by atoms with van der Waals surface area (Å²) in [6.45, 7) is 6.16. The highest BCUT2D eigenvalue weighted by atomic mass is 32.2. The second-order valence-electron chi connectivity index (χ2n) is 7.56. The van der Waals surface area contributed by atoms with Gasteiger partial charge in [0.05, 0.1) is 31.1 Å². The quantitative estimate of drug-likeness (QED) is 0.795. The summed E-state index contributed by atoms with van der Waals surface area (Å²) in [5, 5.41) is 0. The molecular formula is C18H29N2O2S+. The van der Waals surface area contributed by atoms with Gasteiger partial charge in [-0.3, -0.25) is 0 Å². The maximum atomic E-state index is 12.7.